The van der Waals surface area contributed by atoms with Gasteiger partial charge in [0.1, 0.15) is 17.7 Å². The molecule has 4 aliphatic rings. The molecule has 7 nitrogen and oxygen atoms in total. The van der Waals surface area contributed by atoms with E-state index in [0.29, 0.717) is 24.2 Å². The van der Waals surface area contributed by atoms with Crippen molar-refractivity contribution >= 4 is 11.6 Å². The highest BCUT2D eigenvalue weighted by molar-refractivity contribution is 6.11. The highest BCUT2D eigenvalue weighted by Gasteiger charge is 2.58. The maximum atomic E-state index is 14.9. The van der Waals surface area contributed by atoms with Gasteiger partial charge in [0, 0.05) is 32.3 Å². The van der Waals surface area contributed by atoms with E-state index in [1.165, 1.54) is 11.0 Å². The molecule has 1 N–H and O–H groups in total. The summed E-state index contributed by atoms with van der Waals surface area (Å²) in [5.74, 6) is -0.873. The molecule has 0 saturated carbocycles. The van der Waals surface area contributed by atoms with Gasteiger partial charge in [-0.25, -0.2) is 9.49 Å². The molecule has 1 aromatic carbocycles. The lowest BCUT2D eigenvalue weighted by atomic mass is 9.90. The first-order valence-electron chi connectivity index (χ1n) is 11.1. The molecule has 2 bridgehead atoms. The van der Waals surface area contributed by atoms with E-state index in [1.807, 2.05) is 13.8 Å². The van der Waals surface area contributed by atoms with Crippen LogP contribution >= 0.6 is 0 Å². The van der Waals surface area contributed by atoms with Crippen molar-refractivity contribution < 1.29 is 18.7 Å². The van der Waals surface area contributed by atoms with Gasteiger partial charge in [-0.1, -0.05) is 6.07 Å². The molecule has 2 aromatic rings. The van der Waals surface area contributed by atoms with Gasteiger partial charge in [-0.05, 0) is 48.9 Å². The third-order valence-electron chi connectivity index (χ3n) is 6.92. The van der Waals surface area contributed by atoms with Crippen molar-refractivity contribution in [3.63, 3.8) is 0 Å². The second-order valence-corrected chi connectivity index (χ2v) is 9.46. The van der Waals surface area contributed by atoms with Crippen molar-refractivity contribution in [2.24, 2.45) is 0 Å². The van der Waals surface area contributed by atoms with Crippen molar-refractivity contribution in [2.45, 2.75) is 70.3 Å². The predicted molar refractivity (Wildman–Crippen MR) is 114 cm³/mol. The zero-order chi connectivity index (χ0) is 22.2. The molecule has 6 rings (SSSR count). The molecule has 2 aliphatic heterocycles. The fraction of sp³-hybridized carbons (Fsp3) is 0.458. The van der Waals surface area contributed by atoms with Gasteiger partial charge in [-0.2, -0.15) is 5.10 Å². The van der Waals surface area contributed by atoms with Crippen molar-refractivity contribution in [1.29, 1.82) is 0 Å². The maximum Gasteiger partial charge on any atom is 0.267 e. The average Bonchev–Trinajstić information content (AvgIpc) is 3.38. The zero-order valence-electron chi connectivity index (χ0n) is 18.0. The Bertz CT molecular complexity index is 1250. The second kappa shape index (κ2) is 6.75. The molecule has 2 aliphatic carbocycles. The summed E-state index contributed by atoms with van der Waals surface area (Å²) in [6.45, 7) is 3.62. The Hall–Kier alpha value is -3.00. The van der Waals surface area contributed by atoms with Gasteiger partial charge >= 0.3 is 0 Å². The molecule has 0 unspecified atom stereocenters. The van der Waals surface area contributed by atoms with Gasteiger partial charge in [0.05, 0.1) is 23.0 Å². The summed E-state index contributed by atoms with van der Waals surface area (Å²) < 4.78 is 26.8. The minimum absolute atomic E-state index is 0.118. The fourth-order valence-corrected chi connectivity index (χ4v) is 5.53. The van der Waals surface area contributed by atoms with Crippen LogP contribution in [0.1, 0.15) is 55.5 Å². The number of aromatic amines is 1. The Morgan fingerprint density at radius 1 is 1.22 bits per heavy atom. The number of H-pyrrole nitrogens is 1. The number of amides is 1. The van der Waals surface area contributed by atoms with E-state index in [0.717, 1.165) is 48.1 Å². The monoisotopic (exact) mass is 437 g/mol. The highest BCUT2D eigenvalue weighted by atomic mass is 19.1. The molecule has 1 aromatic heterocycles. The Labute approximate surface area is 184 Å². The van der Waals surface area contributed by atoms with Crippen LogP contribution < -0.4 is 10.5 Å². The van der Waals surface area contributed by atoms with Crippen molar-refractivity contribution in [3.8, 4) is 0 Å². The van der Waals surface area contributed by atoms with E-state index in [2.05, 4.69) is 10.2 Å². The lowest BCUT2D eigenvalue weighted by molar-refractivity contribution is -0.136. The highest BCUT2D eigenvalue weighted by Crippen LogP contribution is 2.49. The van der Waals surface area contributed by atoms with Crippen LogP contribution in [0.15, 0.2) is 34.3 Å². The third kappa shape index (κ3) is 2.85. The quantitative estimate of drug-likeness (QED) is 0.798. The lowest BCUT2D eigenvalue weighted by Gasteiger charge is -2.30. The molecular formula is C24H24FN3O4. The molecule has 2 atom stereocenters. The number of halogens is 1. The largest absolute Gasteiger partial charge is 0.464 e. The number of aromatic nitrogens is 2. The molecule has 0 spiro atoms. The van der Waals surface area contributed by atoms with E-state index < -0.39 is 11.6 Å². The number of nitrogens with zero attached hydrogens (tertiary/aromatic N) is 2. The number of rotatable bonds is 3. The Morgan fingerprint density at radius 3 is 2.81 bits per heavy atom. The van der Waals surface area contributed by atoms with Crippen LogP contribution in [0.3, 0.4) is 0 Å². The van der Waals surface area contributed by atoms with Gasteiger partial charge in [0.2, 0.25) is 5.79 Å². The second-order valence-electron chi connectivity index (χ2n) is 9.46. The van der Waals surface area contributed by atoms with Crippen molar-refractivity contribution in [2.75, 3.05) is 4.90 Å². The van der Waals surface area contributed by atoms with Crippen LogP contribution in [-0.2, 0) is 33.5 Å². The topological polar surface area (TPSA) is 84.5 Å². The molecule has 3 heterocycles. The molecule has 1 amide bonds. The lowest BCUT2D eigenvalue weighted by Crippen LogP contribution is -2.44. The summed E-state index contributed by atoms with van der Waals surface area (Å²) in [6.07, 6.45) is 4.20. The summed E-state index contributed by atoms with van der Waals surface area (Å²) in [4.78, 5) is 26.8. The number of anilines is 1. The van der Waals surface area contributed by atoms with Crippen molar-refractivity contribution in [3.05, 3.63) is 68.1 Å². The summed E-state index contributed by atoms with van der Waals surface area (Å²) in [5.41, 5.74) is 4.18. The Kier molecular flexibility index (Phi) is 4.15. The Balaban J connectivity index is 1.34. The van der Waals surface area contributed by atoms with E-state index in [-0.39, 0.29) is 29.3 Å². The first kappa shape index (κ1) is 19.7. The molecule has 32 heavy (non-hydrogen) atoms. The number of carbonyl (C=O) groups excluding carboxylic acids is 1. The van der Waals surface area contributed by atoms with Crippen LogP contribution in [0.5, 0.6) is 0 Å². The normalized spacial score (nSPS) is 25.2. The number of ether oxygens (including phenoxy) is 2. The van der Waals surface area contributed by atoms with Gasteiger partial charge in [-0.3, -0.25) is 14.5 Å². The van der Waals surface area contributed by atoms with Crippen LogP contribution in [0.25, 0.3) is 0 Å². The summed E-state index contributed by atoms with van der Waals surface area (Å²) in [7, 11) is 0. The zero-order valence-corrected chi connectivity index (χ0v) is 18.0. The van der Waals surface area contributed by atoms with Crippen LogP contribution in [0, 0.1) is 5.82 Å². The smallest absolute Gasteiger partial charge is 0.267 e. The van der Waals surface area contributed by atoms with Crippen LogP contribution in [0.4, 0.5) is 10.1 Å². The minimum atomic E-state index is -0.796. The summed E-state index contributed by atoms with van der Waals surface area (Å²) in [5, 5.41) is 6.90. The number of carbonyl (C=O) groups is 1. The molecule has 2 fully saturated rings. The molecular weight excluding hydrogens is 413 g/mol. The molecule has 2 saturated heterocycles. The van der Waals surface area contributed by atoms with Gasteiger partial charge in [0.25, 0.3) is 11.5 Å². The standard InChI is InChI=1S/C24H24FN3O4/c1-24(2)31-20-15-11-19(21(20)32-24)28(23(15)30)18-10-12(7-8-16(18)25)9-17-13-5-3-4-6-14(13)22(29)27-26-17/h7-8,10,19,21H,3-6,9,11H2,1-2H3,(H,27,29)/t19-,21+/m1/s1. The molecule has 0 radical (unpaired) electrons. The van der Waals surface area contributed by atoms with Crippen molar-refractivity contribution in [1.82, 2.24) is 10.2 Å². The fourth-order valence-electron chi connectivity index (χ4n) is 5.53. The minimum Gasteiger partial charge on any atom is -0.464 e. The van der Waals surface area contributed by atoms with E-state index >= 15 is 0 Å². The first-order chi connectivity index (χ1) is 15.3. The SMILES string of the molecule is CC1(C)OC2=C3C[C@H]([C@@H]2O1)N(c1cc(Cc2n[nH]c(=O)c4c2CCCC4)ccc1F)C3=O. The number of nitrogens with one attached hydrogen (secondary N) is 1. The van der Waals surface area contributed by atoms with Crippen LogP contribution in [0.2, 0.25) is 0 Å². The number of hydrogen-bond donors (Lipinski definition) is 1. The summed E-state index contributed by atoms with van der Waals surface area (Å²) >= 11 is 0. The average molecular weight is 437 g/mol. The van der Waals surface area contributed by atoms with E-state index in [4.69, 9.17) is 9.47 Å². The maximum absolute atomic E-state index is 14.9. The first-order valence-corrected chi connectivity index (χ1v) is 11.1. The van der Waals surface area contributed by atoms with E-state index in [9.17, 15) is 14.0 Å². The van der Waals surface area contributed by atoms with E-state index in [1.54, 1.807) is 12.1 Å². The molecule has 8 heteroatoms. The van der Waals surface area contributed by atoms with Gasteiger partial charge < -0.3 is 9.47 Å². The van der Waals surface area contributed by atoms with Gasteiger partial charge in [-0.15, -0.1) is 0 Å². The third-order valence-corrected chi connectivity index (χ3v) is 6.92. The van der Waals surface area contributed by atoms with Gasteiger partial charge in [0.15, 0.2) is 0 Å². The van der Waals surface area contributed by atoms with Crippen LogP contribution in [-0.4, -0.2) is 34.0 Å². The predicted octanol–water partition coefficient (Wildman–Crippen LogP) is 2.90. The Morgan fingerprint density at radius 2 is 2.00 bits per heavy atom. The summed E-state index contributed by atoms with van der Waals surface area (Å²) in [6, 6.07) is 4.52. The number of fused-ring (bicyclic) bond motifs is 5. The number of hydrogen-bond acceptors (Lipinski definition) is 5. The number of benzene rings is 1. The molecule has 166 valence electrons.